The van der Waals surface area contributed by atoms with Crippen LogP contribution in [0.3, 0.4) is 0 Å². The average Bonchev–Trinajstić information content (AvgIpc) is 2.72. The summed E-state index contributed by atoms with van der Waals surface area (Å²) in [5, 5.41) is 5.19. The fraction of sp³-hybridized carbons (Fsp3) is 0.316. The molecular weight excluding hydrogens is 385 g/mol. The summed E-state index contributed by atoms with van der Waals surface area (Å²) in [6.07, 6.45) is 0. The van der Waals surface area contributed by atoms with Crippen LogP contribution < -0.4 is 10.6 Å². The molecule has 1 heterocycles. The molecule has 0 radical (unpaired) electrons. The van der Waals surface area contributed by atoms with E-state index in [2.05, 4.69) is 10.6 Å². The van der Waals surface area contributed by atoms with Crippen LogP contribution in [0.15, 0.2) is 53.4 Å². The quantitative estimate of drug-likeness (QED) is 0.765. The Bertz CT molecular complexity index is 930. The maximum Gasteiger partial charge on any atom is 0.315 e. The summed E-state index contributed by atoms with van der Waals surface area (Å²) in [6, 6.07) is 12.2. The third kappa shape index (κ3) is 4.86. The van der Waals surface area contributed by atoms with Crippen molar-refractivity contribution in [1.82, 2.24) is 14.9 Å². The van der Waals surface area contributed by atoms with E-state index < -0.39 is 21.9 Å². The Balaban J connectivity index is 1.63. The number of hydrogen-bond acceptors (Lipinski definition) is 4. The second-order valence-electron chi connectivity index (χ2n) is 6.25. The van der Waals surface area contributed by atoms with E-state index in [1.807, 2.05) is 0 Å². The lowest BCUT2D eigenvalue weighted by molar-refractivity contribution is 0.0730. The topological polar surface area (TPSA) is 87.7 Å². The molecule has 0 bridgehead atoms. The summed E-state index contributed by atoms with van der Waals surface area (Å²) < 4.78 is 46.0. The van der Waals surface area contributed by atoms with Crippen molar-refractivity contribution < 1.29 is 22.3 Å². The van der Waals surface area contributed by atoms with Gasteiger partial charge in [0.1, 0.15) is 5.82 Å². The summed E-state index contributed by atoms with van der Waals surface area (Å²) >= 11 is 0. The number of carbonyl (C=O) groups excluding carboxylic acids is 1. The first kappa shape index (κ1) is 20.2. The third-order valence-electron chi connectivity index (χ3n) is 4.40. The van der Waals surface area contributed by atoms with E-state index in [4.69, 9.17) is 4.74 Å². The highest BCUT2D eigenvalue weighted by Gasteiger charge is 2.28. The molecule has 0 aliphatic carbocycles. The zero-order valence-electron chi connectivity index (χ0n) is 15.2. The van der Waals surface area contributed by atoms with Crippen molar-refractivity contribution >= 4 is 16.1 Å². The fourth-order valence-electron chi connectivity index (χ4n) is 2.88. The molecule has 0 atom stereocenters. The van der Waals surface area contributed by atoms with E-state index >= 15 is 0 Å². The molecule has 0 saturated carbocycles. The van der Waals surface area contributed by atoms with Crippen LogP contribution in [-0.4, -0.2) is 45.1 Å². The Kier molecular flexibility index (Phi) is 6.61. The predicted molar refractivity (Wildman–Crippen MR) is 101 cm³/mol. The molecule has 1 saturated heterocycles. The molecule has 0 aromatic heterocycles. The van der Waals surface area contributed by atoms with Gasteiger partial charge in [0.25, 0.3) is 0 Å². The molecule has 2 N–H and O–H groups in total. The van der Waals surface area contributed by atoms with Crippen LogP contribution in [0.2, 0.25) is 0 Å². The van der Waals surface area contributed by atoms with Crippen LogP contribution in [0.5, 0.6) is 0 Å². The molecule has 1 aliphatic heterocycles. The second-order valence-corrected chi connectivity index (χ2v) is 8.16. The van der Waals surface area contributed by atoms with E-state index in [-0.39, 0.29) is 18.0 Å². The predicted octanol–water partition coefficient (Wildman–Crippen LogP) is 1.85. The van der Waals surface area contributed by atoms with E-state index in [0.29, 0.717) is 37.4 Å². The van der Waals surface area contributed by atoms with E-state index in [1.54, 1.807) is 36.4 Å². The second kappa shape index (κ2) is 9.13. The fourth-order valence-corrected chi connectivity index (χ4v) is 4.51. The number of halogens is 1. The van der Waals surface area contributed by atoms with E-state index in [9.17, 15) is 17.6 Å². The number of morpholine rings is 1. The number of nitrogens with zero attached hydrogens (tertiary/aromatic N) is 1. The monoisotopic (exact) mass is 407 g/mol. The lowest BCUT2D eigenvalue weighted by atomic mass is 10.2. The van der Waals surface area contributed by atoms with Crippen molar-refractivity contribution in [3.8, 4) is 0 Å². The molecule has 7 nitrogen and oxygen atoms in total. The first-order valence-electron chi connectivity index (χ1n) is 8.89. The number of urea groups is 1. The van der Waals surface area contributed by atoms with Gasteiger partial charge in [0, 0.05) is 31.7 Å². The summed E-state index contributed by atoms with van der Waals surface area (Å²) in [4.78, 5) is 12.2. The zero-order valence-corrected chi connectivity index (χ0v) is 16.0. The number of carbonyl (C=O) groups is 1. The number of hydrogen-bond donors (Lipinski definition) is 2. The van der Waals surface area contributed by atoms with Crippen LogP contribution in [-0.2, 0) is 27.8 Å². The Labute approximate surface area is 163 Å². The van der Waals surface area contributed by atoms with Gasteiger partial charge in [-0.05, 0) is 17.7 Å². The molecule has 0 unspecified atom stereocenters. The molecule has 2 amide bonds. The maximum absolute atomic E-state index is 13.6. The lowest BCUT2D eigenvalue weighted by Crippen LogP contribution is -2.41. The van der Waals surface area contributed by atoms with Crippen LogP contribution in [0, 0.1) is 5.82 Å². The highest BCUT2D eigenvalue weighted by molar-refractivity contribution is 7.89. The number of benzene rings is 2. The Morgan fingerprint density at radius 1 is 0.964 bits per heavy atom. The van der Waals surface area contributed by atoms with Crippen molar-refractivity contribution in [2.75, 3.05) is 26.3 Å². The zero-order chi connectivity index (χ0) is 20.0. The minimum Gasteiger partial charge on any atom is -0.379 e. The van der Waals surface area contributed by atoms with Gasteiger partial charge < -0.3 is 15.4 Å². The van der Waals surface area contributed by atoms with E-state index in [0.717, 1.165) is 0 Å². The molecule has 2 aromatic carbocycles. The summed E-state index contributed by atoms with van der Waals surface area (Å²) in [6.45, 7) is 1.38. The minimum atomic E-state index is -3.67. The number of ether oxygens (including phenoxy) is 1. The van der Waals surface area contributed by atoms with Crippen molar-refractivity contribution in [3.63, 3.8) is 0 Å². The number of sulfonamides is 1. The van der Waals surface area contributed by atoms with Gasteiger partial charge in [-0.3, -0.25) is 0 Å². The van der Waals surface area contributed by atoms with Crippen molar-refractivity contribution in [2.45, 2.75) is 18.0 Å². The SMILES string of the molecule is O=C(NCc1ccccc1F)NCc1ccccc1S(=O)(=O)N1CCOCC1. The number of rotatable bonds is 6. The Morgan fingerprint density at radius 3 is 2.21 bits per heavy atom. The molecule has 2 aromatic rings. The lowest BCUT2D eigenvalue weighted by Gasteiger charge is -2.27. The van der Waals surface area contributed by atoms with Gasteiger partial charge in [0.15, 0.2) is 0 Å². The molecule has 28 heavy (non-hydrogen) atoms. The molecular formula is C19H22FN3O4S. The van der Waals surface area contributed by atoms with Gasteiger partial charge in [-0.25, -0.2) is 17.6 Å². The Hall–Kier alpha value is -2.49. The van der Waals surface area contributed by atoms with Crippen LogP contribution in [0.4, 0.5) is 9.18 Å². The number of nitrogens with one attached hydrogen (secondary N) is 2. The maximum atomic E-state index is 13.6. The van der Waals surface area contributed by atoms with Gasteiger partial charge in [-0.15, -0.1) is 0 Å². The summed E-state index contributed by atoms with van der Waals surface area (Å²) in [5.74, 6) is -0.398. The molecule has 0 spiro atoms. The summed E-state index contributed by atoms with van der Waals surface area (Å²) in [7, 11) is -3.67. The largest absolute Gasteiger partial charge is 0.379 e. The third-order valence-corrected chi connectivity index (χ3v) is 6.40. The highest BCUT2D eigenvalue weighted by Crippen LogP contribution is 2.21. The molecule has 1 fully saturated rings. The van der Waals surface area contributed by atoms with Gasteiger partial charge in [0.05, 0.1) is 18.1 Å². The standard InChI is InChI=1S/C19H22FN3O4S/c20-17-7-3-1-5-15(17)13-21-19(24)22-14-16-6-2-4-8-18(16)28(25,26)23-9-11-27-12-10-23/h1-8H,9-14H2,(H2,21,22,24). The Morgan fingerprint density at radius 2 is 1.54 bits per heavy atom. The first-order chi connectivity index (χ1) is 13.5. The minimum absolute atomic E-state index is 0.0306. The van der Waals surface area contributed by atoms with Crippen LogP contribution in [0.1, 0.15) is 11.1 Å². The number of amides is 2. The molecule has 9 heteroatoms. The normalized spacial score (nSPS) is 15.2. The molecule has 150 valence electrons. The van der Waals surface area contributed by atoms with E-state index in [1.165, 1.54) is 16.4 Å². The smallest absolute Gasteiger partial charge is 0.315 e. The summed E-state index contributed by atoms with van der Waals surface area (Å²) in [5.41, 5.74) is 0.850. The van der Waals surface area contributed by atoms with Crippen molar-refractivity contribution in [1.29, 1.82) is 0 Å². The van der Waals surface area contributed by atoms with Crippen LogP contribution >= 0.6 is 0 Å². The average molecular weight is 407 g/mol. The first-order valence-corrected chi connectivity index (χ1v) is 10.3. The van der Waals surface area contributed by atoms with Gasteiger partial charge in [0.2, 0.25) is 10.0 Å². The van der Waals surface area contributed by atoms with Gasteiger partial charge in [-0.2, -0.15) is 4.31 Å². The van der Waals surface area contributed by atoms with Crippen molar-refractivity contribution in [2.24, 2.45) is 0 Å². The van der Waals surface area contributed by atoms with Crippen LogP contribution in [0.25, 0.3) is 0 Å². The van der Waals surface area contributed by atoms with Gasteiger partial charge in [-0.1, -0.05) is 36.4 Å². The van der Waals surface area contributed by atoms with Crippen molar-refractivity contribution in [3.05, 3.63) is 65.5 Å². The highest BCUT2D eigenvalue weighted by atomic mass is 32.2. The van der Waals surface area contributed by atoms with Gasteiger partial charge >= 0.3 is 6.03 Å². The molecule has 3 rings (SSSR count). The molecule has 1 aliphatic rings.